The number of para-hydroxylation sites is 1. The third-order valence-electron chi connectivity index (χ3n) is 4.56. The zero-order valence-corrected chi connectivity index (χ0v) is 19.4. The van der Waals surface area contributed by atoms with E-state index in [1.165, 1.54) is 32.6 Å². The van der Waals surface area contributed by atoms with Gasteiger partial charge in [-0.05, 0) is 36.4 Å². The second-order valence-corrected chi connectivity index (χ2v) is 7.03. The molecule has 0 aliphatic heterocycles. The van der Waals surface area contributed by atoms with Gasteiger partial charge in [-0.25, -0.2) is 5.43 Å². The van der Waals surface area contributed by atoms with Crippen molar-refractivity contribution in [1.29, 1.82) is 0 Å². The van der Waals surface area contributed by atoms with E-state index in [-0.39, 0.29) is 18.0 Å². The van der Waals surface area contributed by atoms with Gasteiger partial charge in [-0.3, -0.25) is 19.2 Å². The Balaban J connectivity index is 1.45. The van der Waals surface area contributed by atoms with Crippen LogP contribution in [0.5, 0.6) is 11.5 Å². The van der Waals surface area contributed by atoms with Gasteiger partial charge in [-0.15, -0.1) is 0 Å². The number of rotatable bonds is 8. The molecule has 36 heavy (non-hydrogen) atoms. The molecule has 186 valence electrons. The minimum absolute atomic E-state index is 0.0483. The highest BCUT2D eigenvalue weighted by Gasteiger charge is 2.16. The van der Waals surface area contributed by atoms with Gasteiger partial charge in [0.15, 0.2) is 0 Å². The molecule has 0 radical (unpaired) electrons. The third kappa shape index (κ3) is 7.18. The molecule has 2 aromatic carbocycles. The number of anilines is 2. The molecule has 0 atom stereocenters. The van der Waals surface area contributed by atoms with Crippen LogP contribution >= 0.6 is 0 Å². The van der Waals surface area contributed by atoms with E-state index in [1.54, 1.807) is 48.5 Å². The predicted octanol–water partition coefficient (Wildman–Crippen LogP) is 1.64. The maximum atomic E-state index is 12.1. The lowest BCUT2D eigenvalue weighted by Crippen LogP contribution is -2.34. The molecule has 0 bridgehead atoms. The van der Waals surface area contributed by atoms with Crippen molar-refractivity contribution in [3.8, 4) is 11.5 Å². The van der Waals surface area contributed by atoms with E-state index < -0.39 is 23.6 Å². The predicted molar refractivity (Wildman–Crippen MR) is 130 cm³/mol. The van der Waals surface area contributed by atoms with E-state index in [0.717, 1.165) is 0 Å². The number of furan rings is 1. The van der Waals surface area contributed by atoms with Crippen molar-refractivity contribution in [2.24, 2.45) is 5.10 Å². The zero-order chi connectivity index (χ0) is 25.9. The molecule has 3 rings (SSSR count). The number of nitrogens with zero attached hydrogens (tertiary/aromatic N) is 1. The molecule has 4 amide bonds. The van der Waals surface area contributed by atoms with E-state index in [9.17, 15) is 19.2 Å². The lowest BCUT2D eigenvalue weighted by Gasteiger charge is -2.10. The number of benzene rings is 2. The second-order valence-electron chi connectivity index (χ2n) is 7.03. The number of hydrazone groups is 1. The zero-order valence-electron chi connectivity index (χ0n) is 19.4. The summed E-state index contributed by atoms with van der Waals surface area (Å²) < 4.78 is 15.7. The largest absolute Gasteiger partial charge is 0.497 e. The van der Waals surface area contributed by atoms with Gasteiger partial charge in [0.25, 0.3) is 0 Å². The lowest BCUT2D eigenvalue weighted by molar-refractivity contribution is -0.136. The van der Waals surface area contributed by atoms with Crippen LogP contribution in [-0.4, -0.2) is 44.1 Å². The first kappa shape index (κ1) is 25.5. The van der Waals surface area contributed by atoms with Crippen molar-refractivity contribution in [3.05, 3.63) is 72.2 Å². The van der Waals surface area contributed by atoms with Gasteiger partial charge in [0.2, 0.25) is 0 Å². The molecule has 4 N–H and O–H groups in total. The van der Waals surface area contributed by atoms with E-state index in [0.29, 0.717) is 22.9 Å². The first-order valence-electron chi connectivity index (χ1n) is 10.5. The molecular formula is C24H23N5O7. The molecule has 0 spiro atoms. The quantitative estimate of drug-likeness (QED) is 0.211. The first-order chi connectivity index (χ1) is 17.4. The van der Waals surface area contributed by atoms with Gasteiger partial charge < -0.3 is 29.8 Å². The van der Waals surface area contributed by atoms with Crippen LogP contribution in [-0.2, 0) is 25.7 Å². The molecule has 0 unspecified atom stereocenters. The smallest absolute Gasteiger partial charge is 0.329 e. The topological polar surface area (TPSA) is 160 Å². The van der Waals surface area contributed by atoms with Crippen molar-refractivity contribution in [2.45, 2.75) is 6.54 Å². The average Bonchev–Trinajstić information content (AvgIpc) is 3.35. The summed E-state index contributed by atoms with van der Waals surface area (Å²) in [4.78, 5) is 48.0. The highest BCUT2D eigenvalue weighted by molar-refractivity contribution is 6.40. The monoisotopic (exact) mass is 493 g/mol. The van der Waals surface area contributed by atoms with Crippen LogP contribution in [0.1, 0.15) is 11.5 Å². The second kappa shape index (κ2) is 12.4. The fourth-order valence-corrected chi connectivity index (χ4v) is 2.80. The highest BCUT2D eigenvalue weighted by Crippen LogP contribution is 2.28. The van der Waals surface area contributed by atoms with E-state index in [1.807, 2.05) is 0 Å². The van der Waals surface area contributed by atoms with Crippen molar-refractivity contribution in [1.82, 2.24) is 10.7 Å². The van der Waals surface area contributed by atoms with Crippen LogP contribution < -0.4 is 30.8 Å². The number of carbonyl (C=O) groups excluding carboxylic acids is 4. The van der Waals surface area contributed by atoms with E-state index in [2.05, 4.69) is 26.5 Å². The molecule has 3 aromatic rings. The van der Waals surface area contributed by atoms with Crippen LogP contribution in [0, 0.1) is 0 Å². The van der Waals surface area contributed by atoms with Crippen LogP contribution in [0.3, 0.4) is 0 Å². The van der Waals surface area contributed by atoms with Crippen molar-refractivity contribution >= 4 is 41.2 Å². The summed E-state index contributed by atoms with van der Waals surface area (Å²) in [6.07, 6.45) is 1.17. The molecular weight excluding hydrogens is 470 g/mol. The Kier molecular flexibility index (Phi) is 8.76. The Morgan fingerprint density at radius 3 is 2.33 bits per heavy atom. The van der Waals surface area contributed by atoms with Crippen molar-refractivity contribution in [2.75, 3.05) is 24.9 Å². The molecule has 1 aromatic heterocycles. The van der Waals surface area contributed by atoms with Gasteiger partial charge in [-0.2, -0.15) is 5.10 Å². The number of amides is 4. The Bertz CT molecular complexity index is 1270. The fourth-order valence-electron chi connectivity index (χ4n) is 2.80. The Hall–Kier alpha value is -5.13. The number of methoxy groups -OCH3 is 2. The number of carbonyl (C=O) groups is 4. The molecule has 0 aliphatic carbocycles. The maximum absolute atomic E-state index is 12.1. The Labute approximate surface area is 205 Å². The standard InChI is InChI=1S/C24H23N5O7/c1-34-16-10-11-19(20(12-16)35-2)28-23(32)24(33)29-26-14-18-9-8-17(36-18)13-25-21(30)22(31)27-15-6-4-3-5-7-15/h3-12,14H,13H2,1-2H3,(H,25,30)(H,27,31)(H,28,32)(H,29,33)/b26-14+. The highest BCUT2D eigenvalue weighted by atomic mass is 16.5. The van der Waals surface area contributed by atoms with E-state index >= 15 is 0 Å². The minimum Gasteiger partial charge on any atom is -0.497 e. The Morgan fingerprint density at radius 1 is 0.861 bits per heavy atom. The summed E-state index contributed by atoms with van der Waals surface area (Å²) in [5, 5.41) is 11.0. The summed E-state index contributed by atoms with van der Waals surface area (Å²) in [5.41, 5.74) is 2.85. The van der Waals surface area contributed by atoms with Gasteiger partial charge in [0.1, 0.15) is 23.0 Å². The van der Waals surface area contributed by atoms with Gasteiger partial charge in [0.05, 0.1) is 32.7 Å². The van der Waals surface area contributed by atoms with Crippen molar-refractivity contribution < 1.29 is 33.1 Å². The Morgan fingerprint density at radius 2 is 1.61 bits per heavy atom. The van der Waals surface area contributed by atoms with Crippen LogP contribution in [0.2, 0.25) is 0 Å². The molecule has 1 heterocycles. The normalized spacial score (nSPS) is 10.4. The molecule has 12 heteroatoms. The number of nitrogens with one attached hydrogen (secondary N) is 4. The molecule has 12 nitrogen and oxygen atoms in total. The molecule has 0 aliphatic rings. The number of hydrogen-bond donors (Lipinski definition) is 4. The van der Waals surface area contributed by atoms with Crippen LogP contribution in [0.4, 0.5) is 11.4 Å². The molecule has 0 saturated heterocycles. The summed E-state index contributed by atoms with van der Waals surface area (Å²) in [6, 6.07) is 16.3. The fraction of sp³-hybridized carbons (Fsp3) is 0.125. The summed E-state index contributed by atoms with van der Waals surface area (Å²) in [5.74, 6) is -2.23. The minimum atomic E-state index is -1.02. The summed E-state index contributed by atoms with van der Waals surface area (Å²) in [7, 11) is 2.90. The van der Waals surface area contributed by atoms with Gasteiger partial charge in [-0.1, -0.05) is 18.2 Å². The summed E-state index contributed by atoms with van der Waals surface area (Å²) >= 11 is 0. The molecule has 0 saturated carbocycles. The van der Waals surface area contributed by atoms with E-state index in [4.69, 9.17) is 13.9 Å². The number of ether oxygens (including phenoxy) is 2. The van der Waals surface area contributed by atoms with Crippen molar-refractivity contribution in [3.63, 3.8) is 0 Å². The first-order valence-corrected chi connectivity index (χ1v) is 10.5. The van der Waals surface area contributed by atoms with Crippen LogP contribution in [0.15, 0.2) is 70.2 Å². The number of hydrogen-bond acceptors (Lipinski definition) is 8. The van der Waals surface area contributed by atoms with Gasteiger partial charge >= 0.3 is 23.6 Å². The average molecular weight is 493 g/mol. The van der Waals surface area contributed by atoms with Crippen LogP contribution in [0.25, 0.3) is 0 Å². The SMILES string of the molecule is COc1ccc(NC(=O)C(=O)N/N=C/c2ccc(CNC(=O)C(=O)Nc3ccccc3)o2)c(OC)c1. The third-order valence-corrected chi connectivity index (χ3v) is 4.56. The molecule has 0 fully saturated rings. The summed E-state index contributed by atoms with van der Waals surface area (Å²) in [6.45, 7) is -0.0483. The lowest BCUT2D eigenvalue weighted by atomic mass is 10.2. The van der Waals surface area contributed by atoms with Gasteiger partial charge in [0, 0.05) is 11.8 Å². The maximum Gasteiger partial charge on any atom is 0.329 e.